The molecule has 0 atom stereocenters. The van der Waals surface area contributed by atoms with E-state index in [2.05, 4.69) is 15.3 Å². The fraction of sp³-hybridized carbons (Fsp3) is 0.250. The summed E-state index contributed by atoms with van der Waals surface area (Å²) in [5.41, 5.74) is 6.73. The van der Waals surface area contributed by atoms with Gasteiger partial charge in [-0.1, -0.05) is 0 Å². The van der Waals surface area contributed by atoms with Gasteiger partial charge in [0.15, 0.2) is 28.9 Å². The van der Waals surface area contributed by atoms with Gasteiger partial charge in [0.2, 0.25) is 0 Å². The van der Waals surface area contributed by atoms with Crippen molar-refractivity contribution in [1.29, 1.82) is 0 Å². The molecule has 2 aromatic carbocycles. The summed E-state index contributed by atoms with van der Waals surface area (Å²) in [5, 5.41) is 2.95. The maximum absolute atomic E-state index is 15.1. The third-order valence-electron chi connectivity index (χ3n) is 5.90. The van der Waals surface area contributed by atoms with Gasteiger partial charge in [0.1, 0.15) is 23.7 Å². The van der Waals surface area contributed by atoms with Gasteiger partial charge in [-0.05, 0) is 31.9 Å². The first-order valence-corrected chi connectivity index (χ1v) is 12.3. The normalized spacial score (nSPS) is 12.7. The van der Waals surface area contributed by atoms with E-state index >= 15 is 8.78 Å². The molecule has 0 radical (unpaired) electrons. The lowest BCUT2D eigenvalue weighted by Gasteiger charge is -2.15. The minimum atomic E-state index is -1.01. The molecule has 9 nitrogen and oxygen atoms in total. The van der Waals surface area contributed by atoms with E-state index < -0.39 is 23.3 Å². The van der Waals surface area contributed by atoms with E-state index in [1.54, 1.807) is 25.1 Å². The van der Waals surface area contributed by atoms with Gasteiger partial charge in [0.25, 0.3) is 5.91 Å². The molecule has 3 N–H and O–H groups in total. The smallest absolute Gasteiger partial charge is 0.261 e. The van der Waals surface area contributed by atoms with E-state index in [1.165, 1.54) is 25.6 Å². The highest BCUT2D eigenvalue weighted by Crippen LogP contribution is 2.39. The van der Waals surface area contributed by atoms with Crippen LogP contribution in [0.4, 0.5) is 14.5 Å². The van der Waals surface area contributed by atoms with Crippen LogP contribution in [-0.2, 0) is 0 Å². The number of anilines is 1. The molecule has 5 rings (SSSR count). The van der Waals surface area contributed by atoms with Crippen LogP contribution in [0.1, 0.15) is 28.9 Å². The van der Waals surface area contributed by atoms with Gasteiger partial charge in [-0.25, -0.2) is 8.78 Å². The number of nitrogens with one attached hydrogen (secondary N) is 1. The predicted molar refractivity (Wildman–Crippen MR) is 140 cm³/mol. The standard InChI is InChI=1S/C28H26F2N4O5/c1-15-9-24(38-17-3-4-17)19(14-33-15)28(35)34-16-10-20(29)27(21(30)11-16)39-23-5-7-32-22-13-26(37-8-6-31)25(36-2)12-18(22)23/h5,7,9-14,17H,3-4,6,8,31H2,1-2H3,(H,34,35). The summed E-state index contributed by atoms with van der Waals surface area (Å²) in [6, 6.07) is 8.31. The van der Waals surface area contributed by atoms with Crippen LogP contribution >= 0.6 is 0 Å². The van der Waals surface area contributed by atoms with Gasteiger partial charge in [-0.2, -0.15) is 0 Å². The van der Waals surface area contributed by atoms with Crippen LogP contribution in [0.3, 0.4) is 0 Å². The maximum Gasteiger partial charge on any atom is 0.261 e. The van der Waals surface area contributed by atoms with Gasteiger partial charge >= 0.3 is 0 Å². The lowest BCUT2D eigenvalue weighted by atomic mass is 10.1. The highest BCUT2D eigenvalue weighted by Gasteiger charge is 2.26. The molecular formula is C28H26F2N4O5. The largest absolute Gasteiger partial charge is 0.493 e. The summed E-state index contributed by atoms with van der Waals surface area (Å²) < 4.78 is 52.6. The topological polar surface area (TPSA) is 118 Å². The molecule has 1 fully saturated rings. The minimum Gasteiger partial charge on any atom is -0.493 e. The van der Waals surface area contributed by atoms with Crippen molar-refractivity contribution in [1.82, 2.24) is 9.97 Å². The molecule has 1 saturated carbocycles. The van der Waals surface area contributed by atoms with E-state index in [1.807, 2.05) is 0 Å². The number of carbonyl (C=O) groups excluding carboxylic acids is 1. The number of aromatic nitrogens is 2. The minimum absolute atomic E-state index is 0.0546. The lowest BCUT2D eigenvalue weighted by Crippen LogP contribution is -2.15. The molecule has 0 aliphatic heterocycles. The number of amides is 1. The van der Waals surface area contributed by atoms with Crippen molar-refractivity contribution in [2.24, 2.45) is 5.73 Å². The second kappa shape index (κ2) is 11.1. The molecule has 202 valence electrons. The fourth-order valence-corrected chi connectivity index (χ4v) is 3.86. The lowest BCUT2D eigenvalue weighted by molar-refractivity contribution is 0.102. The summed E-state index contributed by atoms with van der Waals surface area (Å²) >= 11 is 0. The van der Waals surface area contributed by atoms with E-state index in [0.29, 0.717) is 40.4 Å². The van der Waals surface area contributed by atoms with Crippen molar-refractivity contribution in [3.05, 3.63) is 71.7 Å². The molecule has 2 heterocycles. The van der Waals surface area contributed by atoms with Crippen LogP contribution in [0.5, 0.6) is 28.7 Å². The number of nitrogens with zero attached hydrogens (tertiary/aromatic N) is 2. The van der Waals surface area contributed by atoms with E-state index in [-0.39, 0.29) is 29.7 Å². The van der Waals surface area contributed by atoms with Crippen molar-refractivity contribution in [3.8, 4) is 28.7 Å². The Labute approximate surface area is 222 Å². The second-order valence-corrected chi connectivity index (χ2v) is 8.93. The monoisotopic (exact) mass is 536 g/mol. The van der Waals surface area contributed by atoms with Crippen molar-refractivity contribution in [2.45, 2.75) is 25.9 Å². The fourth-order valence-electron chi connectivity index (χ4n) is 3.86. The second-order valence-electron chi connectivity index (χ2n) is 8.93. The average molecular weight is 537 g/mol. The van der Waals surface area contributed by atoms with Crippen LogP contribution in [0.2, 0.25) is 0 Å². The molecule has 0 bridgehead atoms. The summed E-state index contributed by atoms with van der Waals surface area (Å²) in [4.78, 5) is 21.3. The van der Waals surface area contributed by atoms with Gasteiger partial charge in [0.05, 0.1) is 18.7 Å². The molecule has 39 heavy (non-hydrogen) atoms. The van der Waals surface area contributed by atoms with Crippen molar-refractivity contribution in [2.75, 3.05) is 25.6 Å². The number of hydrogen-bond acceptors (Lipinski definition) is 8. The Kier molecular flexibility index (Phi) is 7.42. The maximum atomic E-state index is 15.1. The Balaban J connectivity index is 1.40. The molecule has 1 aliphatic rings. The number of methoxy groups -OCH3 is 1. The molecule has 2 aromatic heterocycles. The third-order valence-corrected chi connectivity index (χ3v) is 5.90. The zero-order valence-corrected chi connectivity index (χ0v) is 21.3. The third kappa shape index (κ3) is 5.83. The Bertz CT molecular complexity index is 1520. The van der Waals surface area contributed by atoms with E-state index in [4.69, 9.17) is 24.7 Å². The Hall–Kier alpha value is -4.51. The first kappa shape index (κ1) is 26.1. The molecule has 1 aliphatic carbocycles. The molecule has 0 spiro atoms. The van der Waals surface area contributed by atoms with Crippen molar-refractivity contribution >= 4 is 22.5 Å². The van der Waals surface area contributed by atoms with Crippen LogP contribution < -0.4 is 30.0 Å². The highest BCUT2D eigenvalue weighted by atomic mass is 19.1. The molecule has 11 heteroatoms. The Morgan fingerprint density at radius 3 is 2.51 bits per heavy atom. The number of fused-ring (bicyclic) bond motifs is 1. The number of carbonyl (C=O) groups is 1. The van der Waals surface area contributed by atoms with E-state index in [0.717, 1.165) is 25.0 Å². The zero-order valence-electron chi connectivity index (χ0n) is 21.3. The quantitative estimate of drug-likeness (QED) is 0.286. The number of rotatable bonds is 10. The number of ether oxygens (including phenoxy) is 4. The highest BCUT2D eigenvalue weighted by molar-refractivity contribution is 6.06. The summed E-state index contributed by atoms with van der Waals surface area (Å²) in [6.07, 6.45) is 4.69. The SMILES string of the molecule is COc1cc2c(Oc3c(F)cc(NC(=O)c4cnc(C)cc4OC4CC4)cc3F)ccnc2cc1OCCN. The van der Waals surface area contributed by atoms with Gasteiger partial charge in [0, 0.05) is 60.0 Å². The zero-order chi connectivity index (χ0) is 27.5. The van der Waals surface area contributed by atoms with Crippen molar-refractivity contribution < 1.29 is 32.5 Å². The molecule has 0 unspecified atom stereocenters. The van der Waals surface area contributed by atoms with Gasteiger partial charge in [-0.15, -0.1) is 0 Å². The summed E-state index contributed by atoms with van der Waals surface area (Å²) in [6.45, 7) is 2.36. The first-order chi connectivity index (χ1) is 18.9. The number of halogens is 2. The average Bonchev–Trinajstić information content (AvgIpc) is 3.73. The van der Waals surface area contributed by atoms with Crippen molar-refractivity contribution in [3.63, 3.8) is 0 Å². The number of hydrogen-bond donors (Lipinski definition) is 2. The van der Waals surface area contributed by atoms with Crippen LogP contribution in [0, 0.1) is 18.6 Å². The first-order valence-electron chi connectivity index (χ1n) is 12.3. The number of pyridine rings is 2. The summed E-state index contributed by atoms with van der Waals surface area (Å²) in [5.74, 6) is -1.95. The van der Waals surface area contributed by atoms with Gasteiger partial charge in [-0.3, -0.25) is 14.8 Å². The molecular weight excluding hydrogens is 510 g/mol. The Morgan fingerprint density at radius 2 is 1.82 bits per heavy atom. The number of benzene rings is 2. The molecule has 4 aromatic rings. The summed E-state index contributed by atoms with van der Waals surface area (Å²) in [7, 11) is 1.47. The van der Waals surface area contributed by atoms with E-state index in [9.17, 15) is 4.79 Å². The van der Waals surface area contributed by atoms with Crippen LogP contribution in [0.15, 0.2) is 48.8 Å². The van der Waals surface area contributed by atoms with Crippen LogP contribution in [0.25, 0.3) is 10.9 Å². The number of aryl methyl sites for hydroxylation is 1. The molecule has 1 amide bonds. The molecule has 0 saturated heterocycles. The Morgan fingerprint density at radius 1 is 1.05 bits per heavy atom. The number of nitrogens with two attached hydrogens (primary N) is 1. The van der Waals surface area contributed by atoms with Crippen LogP contribution in [-0.4, -0.2) is 42.2 Å². The predicted octanol–water partition coefficient (Wildman–Crippen LogP) is 5.15. The van der Waals surface area contributed by atoms with Gasteiger partial charge < -0.3 is 30.0 Å².